The summed E-state index contributed by atoms with van der Waals surface area (Å²) in [6.45, 7) is 6.54. The first-order chi connectivity index (χ1) is 24.8. The van der Waals surface area contributed by atoms with Crippen molar-refractivity contribution in [3.63, 3.8) is 0 Å². The molecule has 50 heavy (non-hydrogen) atoms. The second-order valence-corrected chi connectivity index (χ2v) is 14.1. The predicted octanol–water partition coefficient (Wildman–Crippen LogP) is 13.4. The van der Waals surface area contributed by atoms with Gasteiger partial charge < -0.3 is 9.47 Å². The van der Waals surface area contributed by atoms with Gasteiger partial charge in [0.2, 0.25) is 0 Å². The third-order valence-corrected chi connectivity index (χ3v) is 9.79. The molecule has 2 heterocycles. The van der Waals surface area contributed by atoms with Crippen LogP contribution in [0.3, 0.4) is 0 Å². The lowest BCUT2D eigenvalue weighted by Gasteiger charge is -2.09. The Labute approximate surface area is 304 Å². The van der Waals surface area contributed by atoms with Crippen LogP contribution in [0, 0.1) is 0 Å². The minimum absolute atomic E-state index is 0.854. The minimum Gasteiger partial charge on any atom is -0.405 e. The van der Waals surface area contributed by atoms with E-state index in [9.17, 15) is 0 Å². The molecule has 0 aliphatic rings. The molecule has 0 aliphatic heterocycles. The van der Waals surface area contributed by atoms with Crippen molar-refractivity contribution in [3.05, 3.63) is 97.3 Å². The number of aryl methyl sites for hydroxylation is 2. The molecule has 2 aromatic carbocycles. The molecule has 4 aromatic rings. The fraction of sp³-hybridized carbons (Fsp3) is 0.522. The molecule has 0 spiro atoms. The Morgan fingerprint density at radius 2 is 0.680 bits per heavy atom. The summed E-state index contributed by atoms with van der Waals surface area (Å²) in [7, 11) is 0. The van der Waals surface area contributed by atoms with Crippen molar-refractivity contribution in [2.24, 2.45) is 0 Å². The highest BCUT2D eigenvalue weighted by Crippen LogP contribution is 2.27. The average molecular weight is 679 g/mol. The van der Waals surface area contributed by atoms with E-state index in [0.29, 0.717) is 0 Å². The van der Waals surface area contributed by atoms with Crippen LogP contribution in [-0.4, -0.2) is 0 Å². The van der Waals surface area contributed by atoms with Crippen molar-refractivity contribution < 1.29 is 18.6 Å². The Balaban J connectivity index is 1.19. The van der Waals surface area contributed by atoms with E-state index < -0.39 is 0 Å². The van der Waals surface area contributed by atoms with Gasteiger partial charge in [0.05, 0.1) is 12.1 Å². The van der Waals surface area contributed by atoms with Crippen molar-refractivity contribution in [2.45, 2.75) is 155 Å². The largest absolute Gasteiger partial charge is 0.405 e. The molecule has 0 unspecified atom stereocenters. The zero-order valence-electron chi connectivity index (χ0n) is 31.5. The number of hydrogen-bond donors (Lipinski definition) is 0. The highest BCUT2D eigenvalue weighted by Gasteiger charge is 2.14. The van der Waals surface area contributed by atoms with Crippen molar-refractivity contribution in [2.75, 3.05) is 0 Å². The van der Waals surface area contributed by atoms with Crippen LogP contribution in [0.4, 0.5) is 0 Å². The summed E-state index contributed by atoms with van der Waals surface area (Å²) in [4.78, 5) is 0. The number of pyridine rings is 2. The van der Waals surface area contributed by atoms with E-state index in [1.165, 1.54) is 128 Å². The second kappa shape index (κ2) is 24.5. The number of rotatable bonds is 27. The molecule has 4 nitrogen and oxygen atoms in total. The van der Waals surface area contributed by atoms with Crippen molar-refractivity contribution in [1.82, 2.24) is 0 Å². The monoisotopic (exact) mass is 679 g/mol. The number of hydrogen-bond acceptors (Lipinski definition) is 2. The highest BCUT2D eigenvalue weighted by atomic mass is 16.5. The van der Waals surface area contributed by atoms with Crippen LogP contribution in [0.25, 0.3) is 11.1 Å². The number of ether oxygens (including phenoxy) is 2. The number of aromatic nitrogens is 2. The summed E-state index contributed by atoms with van der Waals surface area (Å²) >= 11 is 0. The molecule has 0 atom stereocenters. The maximum absolute atomic E-state index is 6.35. The summed E-state index contributed by atoms with van der Waals surface area (Å²) in [6.07, 6.45) is 31.2. The van der Waals surface area contributed by atoms with Gasteiger partial charge in [-0.25, -0.2) is 0 Å². The van der Waals surface area contributed by atoms with E-state index in [0.717, 1.165) is 47.5 Å². The van der Waals surface area contributed by atoms with Gasteiger partial charge in [-0.1, -0.05) is 141 Å². The minimum atomic E-state index is 0.854. The highest BCUT2D eigenvalue weighted by molar-refractivity contribution is 5.65. The number of nitrogens with zero attached hydrogens (tertiary/aromatic N) is 2. The lowest BCUT2D eigenvalue weighted by molar-refractivity contribution is -0.701. The number of unbranched alkanes of at least 4 members (excludes halogenated alkanes) is 18. The molecule has 0 aliphatic carbocycles. The first-order valence-corrected chi connectivity index (χ1v) is 20.3. The van der Waals surface area contributed by atoms with Gasteiger partial charge in [-0.2, -0.15) is 9.13 Å². The summed E-state index contributed by atoms with van der Waals surface area (Å²) in [5.41, 5.74) is 2.32. The van der Waals surface area contributed by atoms with Crippen LogP contribution < -0.4 is 18.6 Å². The number of benzene rings is 2. The summed E-state index contributed by atoms with van der Waals surface area (Å²) in [5.74, 6) is 3.49. The van der Waals surface area contributed by atoms with Gasteiger partial charge in [-0.3, -0.25) is 0 Å². The molecule has 0 bridgehead atoms. The van der Waals surface area contributed by atoms with Crippen LogP contribution in [0.15, 0.2) is 97.3 Å². The van der Waals surface area contributed by atoms with Gasteiger partial charge in [0.15, 0.2) is 25.5 Å². The van der Waals surface area contributed by atoms with Gasteiger partial charge in [-0.15, -0.1) is 0 Å². The van der Waals surface area contributed by atoms with Crippen LogP contribution in [0.1, 0.15) is 142 Å². The first-order valence-electron chi connectivity index (χ1n) is 20.3. The lowest BCUT2D eigenvalue weighted by atomic mass is 10.1. The van der Waals surface area contributed by atoms with Crippen molar-refractivity contribution in [3.8, 4) is 34.4 Å². The molecular weight excluding hydrogens is 613 g/mol. The topological polar surface area (TPSA) is 26.2 Å². The van der Waals surface area contributed by atoms with Crippen LogP contribution in [-0.2, 0) is 13.1 Å². The third kappa shape index (κ3) is 15.1. The van der Waals surface area contributed by atoms with Crippen LogP contribution in [0.2, 0.25) is 0 Å². The normalized spacial score (nSPS) is 11.2. The molecule has 0 N–H and O–H groups in total. The van der Waals surface area contributed by atoms with E-state index >= 15 is 0 Å². The Kier molecular flexibility index (Phi) is 19.2. The van der Waals surface area contributed by atoms with E-state index in [4.69, 9.17) is 9.47 Å². The van der Waals surface area contributed by atoms with Gasteiger partial charge in [0, 0.05) is 25.0 Å². The Morgan fingerprint density at radius 3 is 1.02 bits per heavy atom. The predicted molar refractivity (Wildman–Crippen MR) is 209 cm³/mol. The maximum Gasteiger partial charge on any atom is 0.373 e. The standard InChI is InChI=1S/C46H66N2O2/c1-3-5-7-9-11-13-15-17-19-23-37-47-39-25-21-27-45(47)49-43-33-29-41(30-34-43)42-31-35-44(36-32-42)50-46-28-22-26-40-48(46)38-24-20-18-16-14-12-10-8-6-4-2/h21-22,25-36,39-40H,3-20,23-24,37-38H2,1-2H3/q+2. The fourth-order valence-electron chi connectivity index (χ4n) is 6.69. The molecule has 4 rings (SSSR count). The molecular formula is C46H66N2O2+2. The maximum atomic E-state index is 6.35. The average Bonchev–Trinajstić information content (AvgIpc) is 3.15. The van der Waals surface area contributed by atoms with Crippen molar-refractivity contribution in [1.29, 1.82) is 0 Å². The SMILES string of the molecule is CCCCCCCCCCCC[n+]1ccccc1Oc1ccc(-c2ccc(Oc3cccc[n+]3CCCCCCCCCCCC)cc2)cc1. The molecule has 2 aromatic heterocycles. The smallest absolute Gasteiger partial charge is 0.373 e. The van der Waals surface area contributed by atoms with Gasteiger partial charge in [0.1, 0.15) is 11.5 Å². The molecule has 0 saturated heterocycles. The van der Waals surface area contributed by atoms with Crippen molar-refractivity contribution >= 4 is 0 Å². The van der Waals surface area contributed by atoms with Gasteiger partial charge in [0.25, 0.3) is 0 Å². The van der Waals surface area contributed by atoms with Crippen LogP contribution >= 0.6 is 0 Å². The van der Waals surface area contributed by atoms with E-state index in [2.05, 4.69) is 120 Å². The van der Waals surface area contributed by atoms with E-state index in [-0.39, 0.29) is 0 Å². The molecule has 0 saturated carbocycles. The quantitative estimate of drug-likeness (QED) is 0.0463. The summed E-state index contributed by atoms with van der Waals surface area (Å²) in [5, 5.41) is 0. The summed E-state index contributed by atoms with van der Waals surface area (Å²) in [6, 6.07) is 29.2. The van der Waals surface area contributed by atoms with Crippen LogP contribution in [0.5, 0.6) is 23.3 Å². The van der Waals surface area contributed by atoms with E-state index in [1.807, 2.05) is 0 Å². The van der Waals surface area contributed by atoms with E-state index in [1.54, 1.807) is 0 Å². The Morgan fingerprint density at radius 1 is 0.360 bits per heavy atom. The zero-order valence-corrected chi connectivity index (χ0v) is 31.5. The second-order valence-electron chi connectivity index (χ2n) is 14.1. The van der Waals surface area contributed by atoms with Gasteiger partial charge in [-0.05, 0) is 60.4 Å². The third-order valence-electron chi connectivity index (χ3n) is 9.79. The Hall–Kier alpha value is -3.66. The molecule has 0 radical (unpaired) electrons. The summed E-state index contributed by atoms with van der Waals surface area (Å²) < 4.78 is 17.2. The first kappa shape index (κ1) is 39.1. The Bertz CT molecular complexity index is 1320. The lowest BCUT2D eigenvalue weighted by Crippen LogP contribution is -2.34. The van der Waals surface area contributed by atoms with Gasteiger partial charge >= 0.3 is 11.8 Å². The molecule has 0 fully saturated rings. The molecule has 0 amide bonds. The fourth-order valence-corrected chi connectivity index (χ4v) is 6.69. The molecule has 4 heteroatoms. The molecule has 270 valence electrons. The zero-order chi connectivity index (χ0) is 34.9.